The first-order valence-electron chi connectivity index (χ1n) is 8.69. The highest BCUT2D eigenvalue weighted by atomic mass is 19.4. The normalized spacial score (nSPS) is 16.6. The van der Waals surface area contributed by atoms with Gasteiger partial charge in [0, 0.05) is 17.8 Å². The van der Waals surface area contributed by atoms with Crippen molar-refractivity contribution < 1.29 is 32.2 Å². The summed E-state index contributed by atoms with van der Waals surface area (Å²) < 4.78 is 51.4. The van der Waals surface area contributed by atoms with Crippen LogP contribution in [0.1, 0.15) is 17.7 Å². The summed E-state index contributed by atoms with van der Waals surface area (Å²) in [6, 6.07) is 13.9. The zero-order chi connectivity index (χ0) is 19.9. The molecule has 0 amide bonds. The fraction of sp³-hybridized carbons (Fsp3) is 0.250. The Morgan fingerprint density at radius 1 is 1.18 bits per heavy atom. The maximum absolute atomic E-state index is 13.2. The smallest absolute Gasteiger partial charge is 0.449 e. The van der Waals surface area contributed by atoms with Crippen molar-refractivity contribution >= 4 is 6.16 Å². The summed E-state index contributed by atoms with van der Waals surface area (Å²) in [7, 11) is 0. The number of hydrogen-bond acceptors (Lipinski definition) is 3. The molecule has 8 heteroatoms. The fourth-order valence-electron chi connectivity index (χ4n) is 3.65. The summed E-state index contributed by atoms with van der Waals surface area (Å²) >= 11 is 0. The molecule has 0 fully saturated rings. The molecule has 2 heterocycles. The molecular weight excluding hydrogens is 375 g/mol. The number of halogens is 3. The number of aromatic nitrogens is 1. The van der Waals surface area contributed by atoms with Crippen LogP contribution in [-0.4, -0.2) is 22.0 Å². The van der Waals surface area contributed by atoms with Crippen molar-refractivity contribution in [3.05, 3.63) is 59.8 Å². The van der Waals surface area contributed by atoms with E-state index in [0.717, 1.165) is 11.3 Å². The van der Waals surface area contributed by atoms with E-state index in [0.29, 0.717) is 17.1 Å². The number of alkyl halides is 3. The number of benzene rings is 1. The molecular formula is C20H16F3NO4. The Labute approximate surface area is 158 Å². The van der Waals surface area contributed by atoms with Gasteiger partial charge in [-0.1, -0.05) is 30.3 Å². The van der Waals surface area contributed by atoms with Crippen molar-refractivity contribution in [1.82, 2.24) is 4.57 Å². The minimum atomic E-state index is -4.24. The molecule has 1 aliphatic rings. The second kappa shape index (κ2) is 6.78. The molecule has 2 aromatic heterocycles. The summed E-state index contributed by atoms with van der Waals surface area (Å²) in [5.74, 6) is -1.28. The number of rotatable bonds is 3. The van der Waals surface area contributed by atoms with Crippen molar-refractivity contribution in [2.24, 2.45) is 5.92 Å². The Bertz CT molecular complexity index is 1000. The fourth-order valence-corrected chi connectivity index (χ4v) is 3.65. The van der Waals surface area contributed by atoms with Crippen LogP contribution < -0.4 is 4.74 Å². The van der Waals surface area contributed by atoms with Crippen LogP contribution in [-0.2, 0) is 12.8 Å². The molecule has 1 aromatic carbocycles. The van der Waals surface area contributed by atoms with Crippen LogP contribution in [0.25, 0.3) is 17.1 Å². The Morgan fingerprint density at radius 2 is 1.93 bits per heavy atom. The monoisotopic (exact) mass is 391 g/mol. The zero-order valence-corrected chi connectivity index (χ0v) is 14.6. The zero-order valence-electron chi connectivity index (χ0n) is 14.6. The lowest BCUT2D eigenvalue weighted by Gasteiger charge is -2.25. The van der Waals surface area contributed by atoms with E-state index in [4.69, 9.17) is 9.52 Å². The highest BCUT2D eigenvalue weighted by Gasteiger charge is 2.42. The summed E-state index contributed by atoms with van der Waals surface area (Å²) in [4.78, 5) is 10.7. The first-order valence-corrected chi connectivity index (χ1v) is 8.69. The highest BCUT2D eigenvalue weighted by Crippen LogP contribution is 2.41. The van der Waals surface area contributed by atoms with E-state index >= 15 is 0 Å². The first kappa shape index (κ1) is 18.2. The molecule has 5 nitrogen and oxygen atoms in total. The van der Waals surface area contributed by atoms with Crippen LogP contribution in [0.5, 0.6) is 5.95 Å². The predicted molar refractivity (Wildman–Crippen MR) is 93.7 cm³/mol. The third-order valence-electron chi connectivity index (χ3n) is 4.90. The van der Waals surface area contributed by atoms with E-state index in [1.807, 2.05) is 30.3 Å². The Morgan fingerprint density at radius 3 is 2.61 bits per heavy atom. The summed E-state index contributed by atoms with van der Waals surface area (Å²) in [5, 5.41) is 8.74. The van der Waals surface area contributed by atoms with Gasteiger partial charge in [-0.25, -0.2) is 4.79 Å². The molecule has 1 unspecified atom stereocenters. The van der Waals surface area contributed by atoms with E-state index in [9.17, 15) is 18.0 Å². The van der Waals surface area contributed by atoms with Gasteiger partial charge in [-0.2, -0.15) is 13.2 Å². The average Bonchev–Trinajstić information content (AvgIpc) is 3.24. The minimum absolute atomic E-state index is 0.00602. The molecule has 146 valence electrons. The van der Waals surface area contributed by atoms with Gasteiger partial charge in [0.15, 0.2) is 0 Å². The third-order valence-corrected chi connectivity index (χ3v) is 4.90. The van der Waals surface area contributed by atoms with Gasteiger partial charge in [0.05, 0.1) is 11.6 Å². The summed E-state index contributed by atoms with van der Waals surface area (Å²) in [6.45, 7) is 0. The Kier molecular flexibility index (Phi) is 4.41. The van der Waals surface area contributed by atoms with Gasteiger partial charge >= 0.3 is 12.3 Å². The predicted octanol–water partition coefficient (Wildman–Crippen LogP) is 5.46. The van der Waals surface area contributed by atoms with E-state index in [-0.39, 0.29) is 25.2 Å². The van der Waals surface area contributed by atoms with Crippen LogP contribution >= 0.6 is 0 Å². The largest absolute Gasteiger partial charge is 0.513 e. The maximum atomic E-state index is 13.2. The number of ether oxygens (including phenoxy) is 1. The van der Waals surface area contributed by atoms with Crippen LogP contribution in [0, 0.1) is 5.92 Å². The molecule has 4 rings (SSSR count). The lowest BCUT2D eigenvalue weighted by molar-refractivity contribution is -0.177. The lowest BCUT2D eigenvalue weighted by atomic mass is 9.87. The van der Waals surface area contributed by atoms with Gasteiger partial charge in [0.2, 0.25) is 5.88 Å². The number of carboxylic acid groups (broad SMARTS) is 1. The van der Waals surface area contributed by atoms with Crippen molar-refractivity contribution in [2.45, 2.75) is 25.4 Å². The van der Waals surface area contributed by atoms with Crippen molar-refractivity contribution in [1.29, 1.82) is 0 Å². The average molecular weight is 391 g/mol. The number of hydrogen-bond donors (Lipinski definition) is 1. The van der Waals surface area contributed by atoms with Gasteiger partial charge in [-0.3, -0.25) is 4.57 Å². The first-order chi connectivity index (χ1) is 13.3. The quantitative estimate of drug-likeness (QED) is 0.602. The van der Waals surface area contributed by atoms with Crippen LogP contribution in [0.2, 0.25) is 0 Å². The van der Waals surface area contributed by atoms with Gasteiger partial charge in [0.1, 0.15) is 0 Å². The number of furan rings is 1. The molecule has 1 N–H and O–H groups in total. The standard InChI is InChI=1S/C20H16F3NO4/c21-20(22,23)14-6-7-15-13(10-14)11-16(12-4-2-1-3-5-12)24(15)17-8-9-18(27-17)28-19(25)26/h1-5,8-9,11,14H,6-7,10H2,(H,25,26). The van der Waals surface area contributed by atoms with Crippen LogP contribution in [0.15, 0.2) is 52.9 Å². The van der Waals surface area contributed by atoms with Gasteiger partial charge < -0.3 is 14.3 Å². The maximum Gasteiger partial charge on any atom is 0.513 e. The second-order valence-electron chi connectivity index (χ2n) is 6.64. The Hall–Kier alpha value is -3.16. The topological polar surface area (TPSA) is 64.6 Å². The molecule has 28 heavy (non-hydrogen) atoms. The van der Waals surface area contributed by atoms with Gasteiger partial charge in [-0.05, 0) is 36.5 Å². The molecule has 0 aliphatic heterocycles. The van der Waals surface area contributed by atoms with Gasteiger partial charge in [0.25, 0.3) is 5.95 Å². The van der Waals surface area contributed by atoms with Gasteiger partial charge in [-0.15, -0.1) is 0 Å². The van der Waals surface area contributed by atoms with E-state index in [1.165, 1.54) is 6.07 Å². The molecule has 1 atom stereocenters. The van der Waals surface area contributed by atoms with E-state index < -0.39 is 18.2 Å². The van der Waals surface area contributed by atoms with E-state index in [2.05, 4.69) is 4.74 Å². The number of carbonyl (C=O) groups is 1. The van der Waals surface area contributed by atoms with Crippen molar-refractivity contribution in [2.75, 3.05) is 0 Å². The van der Waals surface area contributed by atoms with Crippen molar-refractivity contribution in [3.63, 3.8) is 0 Å². The molecule has 3 aromatic rings. The number of fused-ring (bicyclic) bond motifs is 1. The minimum Gasteiger partial charge on any atom is -0.449 e. The Balaban J connectivity index is 1.82. The third kappa shape index (κ3) is 3.37. The van der Waals surface area contributed by atoms with Crippen LogP contribution in [0.4, 0.5) is 18.0 Å². The van der Waals surface area contributed by atoms with Crippen molar-refractivity contribution in [3.8, 4) is 23.1 Å². The molecule has 0 bridgehead atoms. The molecule has 0 saturated heterocycles. The molecule has 0 radical (unpaired) electrons. The molecule has 0 saturated carbocycles. The summed E-state index contributed by atoms with van der Waals surface area (Å²) in [5.41, 5.74) is 2.85. The SMILES string of the molecule is O=C(O)Oc1ccc(-n2c(-c3ccccc3)cc3c2CCC(C(F)(F)F)C3)o1. The summed E-state index contributed by atoms with van der Waals surface area (Å²) in [6.07, 6.45) is -5.60. The molecule has 1 aliphatic carbocycles. The second-order valence-corrected chi connectivity index (χ2v) is 6.64. The van der Waals surface area contributed by atoms with E-state index in [1.54, 1.807) is 16.7 Å². The molecule has 0 spiro atoms. The van der Waals surface area contributed by atoms with Crippen LogP contribution in [0.3, 0.4) is 0 Å². The highest BCUT2D eigenvalue weighted by molar-refractivity contribution is 5.66. The number of nitrogens with zero attached hydrogens (tertiary/aromatic N) is 1. The lowest BCUT2D eigenvalue weighted by Crippen LogP contribution is -2.29.